The normalized spacial score (nSPS) is 18.2. The fourth-order valence-electron chi connectivity index (χ4n) is 3.71. The Balaban J connectivity index is 1.36. The van der Waals surface area contributed by atoms with Gasteiger partial charge in [0.1, 0.15) is 0 Å². The molecule has 2 heterocycles. The maximum Gasteiger partial charge on any atom is 0.266 e. The monoisotopic (exact) mass is 466 g/mol. The zero-order valence-corrected chi connectivity index (χ0v) is 19.2. The predicted molar refractivity (Wildman–Crippen MR) is 126 cm³/mol. The summed E-state index contributed by atoms with van der Waals surface area (Å²) in [6, 6.07) is 17.5. The lowest BCUT2D eigenvalue weighted by Crippen LogP contribution is -2.38. The summed E-state index contributed by atoms with van der Waals surface area (Å²) in [6.07, 6.45) is 2.91. The van der Waals surface area contributed by atoms with E-state index in [1.54, 1.807) is 30.3 Å². The molecule has 1 saturated heterocycles. The van der Waals surface area contributed by atoms with Gasteiger partial charge in [-0.15, -0.1) is 0 Å². The Kier molecular flexibility index (Phi) is 6.57. The summed E-state index contributed by atoms with van der Waals surface area (Å²) in [6.45, 7) is 3.14. The number of carbonyl (C=O) groups is 1. The Labute approximate surface area is 193 Å². The number of amides is 1. The van der Waals surface area contributed by atoms with Crippen LogP contribution in [0.25, 0.3) is 0 Å². The first kappa shape index (κ1) is 22.7. The van der Waals surface area contributed by atoms with Crippen molar-refractivity contribution in [3.8, 4) is 0 Å². The number of anilines is 2. The SMILES string of the molecule is CC1NC(CNc2ccc(S(=O)(=O)N(C)c3ncccn3)cc2)CN1C(=O)c1ccccc1. The Morgan fingerprint density at radius 1 is 1.09 bits per heavy atom. The van der Waals surface area contributed by atoms with Gasteiger partial charge in [-0.3, -0.25) is 10.1 Å². The van der Waals surface area contributed by atoms with Crippen LogP contribution in [0.4, 0.5) is 11.6 Å². The molecule has 1 fully saturated rings. The third-order valence-corrected chi connectivity index (χ3v) is 7.29. The molecule has 1 amide bonds. The van der Waals surface area contributed by atoms with Gasteiger partial charge in [0.25, 0.3) is 15.9 Å². The van der Waals surface area contributed by atoms with Gasteiger partial charge in [-0.25, -0.2) is 22.7 Å². The molecule has 33 heavy (non-hydrogen) atoms. The van der Waals surface area contributed by atoms with Crippen LogP contribution >= 0.6 is 0 Å². The minimum Gasteiger partial charge on any atom is -0.383 e. The Hall–Kier alpha value is -3.50. The maximum atomic E-state index is 12.8. The highest BCUT2D eigenvalue weighted by Gasteiger charge is 2.32. The van der Waals surface area contributed by atoms with E-state index < -0.39 is 10.0 Å². The van der Waals surface area contributed by atoms with E-state index in [0.29, 0.717) is 18.7 Å². The molecule has 1 aliphatic rings. The Bertz CT molecular complexity index is 1190. The molecule has 10 heteroatoms. The first-order valence-corrected chi connectivity index (χ1v) is 12.0. The second-order valence-corrected chi connectivity index (χ2v) is 9.76. The van der Waals surface area contributed by atoms with Crippen molar-refractivity contribution in [2.24, 2.45) is 0 Å². The minimum absolute atomic E-state index is 0.000764. The van der Waals surface area contributed by atoms with Crippen LogP contribution < -0.4 is 14.9 Å². The number of hydrogen-bond acceptors (Lipinski definition) is 7. The van der Waals surface area contributed by atoms with Crippen molar-refractivity contribution in [1.29, 1.82) is 0 Å². The van der Waals surface area contributed by atoms with E-state index in [9.17, 15) is 13.2 Å². The van der Waals surface area contributed by atoms with Crippen LogP contribution in [-0.4, -0.2) is 61.5 Å². The van der Waals surface area contributed by atoms with Crippen LogP contribution in [0.15, 0.2) is 78.0 Å². The van der Waals surface area contributed by atoms with Crippen LogP contribution in [-0.2, 0) is 10.0 Å². The average Bonchev–Trinajstić information content (AvgIpc) is 3.23. The van der Waals surface area contributed by atoms with Crippen LogP contribution in [0.2, 0.25) is 0 Å². The summed E-state index contributed by atoms with van der Waals surface area (Å²) in [5.41, 5.74) is 1.46. The molecule has 0 aliphatic carbocycles. The number of nitrogens with one attached hydrogen (secondary N) is 2. The van der Waals surface area contributed by atoms with Gasteiger partial charge in [0.2, 0.25) is 5.95 Å². The third kappa shape index (κ3) is 4.96. The van der Waals surface area contributed by atoms with Crippen LogP contribution in [0.1, 0.15) is 17.3 Å². The van der Waals surface area contributed by atoms with E-state index in [4.69, 9.17) is 0 Å². The lowest BCUT2D eigenvalue weighted by molar-refractivity contribution is 0.0739. The van der Waals surface area contributed by atoms with E-state index in [1.807, 2.05) is 42.2 Å². The Morgan fingerprint density at radius 2 is 1.76 bits per heavy atom. The van der Waals surface area contributed by atoms with Crippen molar-refractivity contribution in [3.63, 3.8) is 0 Å². The quantitative estimate of drug-likeness (QED) is 0.549. The molecule has 4 rings (SSSR count). The first-order valence-electron chi connectivity index (χ1n) is 10.6. The summed E-state index contributed by atoms with van der Waals surface area (Å²) in [5.74, 6) is 0.106. The molecule has 0 spiro atoms. The standard InChI is InChI=1S/C23H26N6O3S/c1-17-27-20(16-29(17)22(30)18-7-4-3-5-8-18)15-26-19-9-11-21(12-10-19)33(31,32)28(2)23-24-13-6-14-25-23/h3-14,17,20,26-27H,15-16H2,1-2H3. The predicted octanol–water partition coefficient (Wildman–Crippen LogP) is 2.17. The molecular weight excluding hydrogens is 440 g/mol. The smallest absolute Gasteiger partial charge is 0.266 e. The van der Waals surface area contributed by atoms with E-state index in [2.05, 4.69) is 20.6 Å². The molecule has 2 unspecified atom stereocenters. The highest BCUT2D eigenvalue weighted by atomic mass is 32.2. The summed E-state index contributed by atoms with van der Waals surface area (Å²) in [7, 11) is -2.34. The molecule has 0 bridgehead atoms. The van der Waals surface area contributed by atoms with Crippen molar-refractivity contribution in [2.45, 2.75) is 24.0 Å². The van der Waals surface area contributed by atoms with Crippen LogP contribution in [0.5, 0.6) is 0 Å². The third-order valence-electron chi connectivity index (χ3n) is 5.54. The molecule has 3 aromatic rings. The Morgan fingerprint density at radius 3 is 2.42 bits per heavy atom. The fourth-order valence-corrected chi connectivity index (χ4v) is 4.82. The summed E-state index contributed by atoms with van der Waals surface area (Å²) in [4.78, 5) is 22.7. The lowest BCUT2D eigenvalue weighted by Gasteiger charge is -2.20. The molecule has 0 radical (unpaired) electrons. The van der Waals surface area contributed by atoms with Gasteiger partial charge in [0.05, 0.1) is 11.1 Å². The molecule has 2 atom stereocenters. The van der Waals surface area contributed by atoms with E-state index in [1.165, 1.54) is 19.4 Å². The molecule has 172 valence electrons. The van der Waals surface area contributed by atoms with Gasteiger partial charge in [0.15, 0.2) is 0 Å². The fraction of sp³-hybridized carbons (Fsp3) is 0.261. The minimum atomic E-state index is -3.77. The molecule has 2 aromatic carbocycles. The van der Waals surface area contributed by atoms with Gasteiger partial charge in [0, 0.05) is 49.8 Å². The summed E-state index contributed by atoms with van der Waals surface area (Å²) in [5, 5.41) is 6.73. The zero-order chi connectivity index (χ0) is 23.4. The zero-order valence-electron chi connectivity index (χ0n) is 18.4. The van der Waals surface area contributed by atoms with Crippen LogP contribution in [0.3, 0.4) is 0 Å². The number of hydrogen-bond donors (Lipinski definition) is 2. The summed E-state index contributed by atoms with van der Waals surface area (Å²) < 4.78 is 26.7. The van der Waals surface area contributed by atoms with Crippen molar-refractivity contribution in [1.82, 2.24) is 20.2 Å². The largest absolute Gasteiger partial charge is 0.383 e. The first-order chi connectivity index (χ1) is 15.9. The van der Waals surface area contributed by atoms with Crippen molar-refractivity contribution in [3.05, 3.63) is 78.6 Å². The van der Waals surface area contributed by atoms with E-state index in [-0.39, 0.29) is 29.0 Å². The number of carbonyl (C=O) groups excluding carboxylic acids is 1. The van der Waals surface area contributed by atoms with Gasteiger partial charge in [-0.2, -0.15) is 0 Å². The molecule has 9 nitrogen and oxygen atoms in total. The molecule has 1 aliphatic heterocycles. The number of nitrogens with zero attached hydrogens (tertiary/aromatic N) is 4. The van der Waals surface area contributed by atoms with Gasteiger partial charge in [-0.05, 0) is 49.4 Å². The van der Waals surface area contributed by atoms with Gasteiger partial charge < -0.3 is 10.2 Å². The van der Waals surface area contributed by atoms with Crippen molar-refractivity contribution < 1.29 is 13.2 Å². The number of aromatic nitrogens is 2. The second-order valence-electron chi connectivity index (χ2n) is 7.79. The molecule has 2 N–H and O–H groups in total. The lowest BCUT2D eigenvalue weighted by atomic mass is 10.2. The van der Waals surface area contributed by atoms with Gasteiger partial charge >= 0.3 is 0 Å². The topological polar surface area (TPSA) is 108 Å². The molecular formula is C23H26N6O3S. The molecule has 1 aromatic heterocycles. The number of benzene rings is 2. The summed E-state index contributed by atoms with van der Waals surface area (Å²) >= 11 is 0. The van der Waals surface area contributed by atoms with Crippen molar-refractivity contribution in [2.75, 3.05) is 29.8 Å². The van der Waals surface area contributed by atoms with Crippen LogP contribution in [0, 0.1) is 0 Å². The highest BCUT2D eigenvalue weighted by Crippen LogP contribution is 2.21. The highest BCUT2D eigenvalue weighted by molar-refractivity contribution is 7.92. The average molecular weight is 467 g/mol. The van der Waals surface area contributed by atoms with E-state index >= 15 is 0 Å². The van der Waals surface area contributed by atoms with E-state index in [0.717, 1.165) is 9.99 Å². The number of sulfonamides is 1. The maximum absolute atomic E-state index is 12.8. The van der Waals surface area contributed by atoms with Gasteiger partial charge in [-0.1, -0.05) is 18.2 Å². The second kappa shape index (κ2) is 9.55. The molecule has 0 saturated carbocycles. The number of rotatable bonds is 7. The van der Waals surface area contributed by atoms with Crippen molar-refractivity contribution >= 4 is 27.6 Å².